The van der Waals surface area contributed by atoms with Crippen molar-refractivity contribution in [3.8, 4) is 0 Å². The molecule has 0 unspecified atom stereocenters. The van der Waals surface area contributed by atoms with Crippen LogP contribution in [0.15, 0.2) is 29.1 Å². The maximum atomic E-state index is 12.2. The molecule has 1 aromatic heterocycles. The van der Waals surface area contributed by atoms with Crippen LogP contribution in [0, 0.1) is 0 Å². The van der Waals surface area contributed by atoms with Gasteiger partial charge in [-0.05, 0) is 18.6 Å². The van der Waals surface area contributed by atoms with Gasteiger partial charge in [0.2, 0.25) is 0 Å². The minimum atomic E-state index is 0.0873. The van der Waals surface area contributed by atoms with Crippen LogP contribution in [-0.2, 0) is 13.0 Å². The average Bonchev–Trinajstić information content (AvgIpc) is 2.33. The summed E-state index contributed by atoms with van der Waals surface area (Å²) >= 11 is 0. The van der Waals surface area contributed by atoms with Crippen LogP contribution in [0.25, 0.3) is 10.9 Å². The van der Waals surface area contributed by atoms with Crippen molar-refractivity contribution < 1.29 is 0 Å². The summed E-state index contributed by atoms with van der Waals surface area (Å²) < 4.78 is 1.79. The highest BCUT2D eigenvalue weighted by molar-refractivity contribution is 5.77. The molecule has 0 aliphatic carbocycles. The Morgan fingerprint density at radius 1 is 1.25 bits per heavy atom. The molecule has 0 aliphatic heterocycles. The Hall–Kier alpha value is -1.64. The quantitative estimate of drug-likeness (QED) is 0.789. The molecular formula is C13H16N2O. The van der Waals surface area contributed by atoms with E-state index in [4.69, 9.17) is 0 Å². The number of aromatic nitrogens is 2. The largest absolute Gasteiger partial charge is 0.296 e. The molecule has 0 N–H and O–H groups in total. The van der Waals surface area contributed by atoms with Crippen molar-refractivity contribution in [2.45, 2.75) is 33.2 Å². The van der Waals surface area contributed by atoms with Gasteiger partial charge in [-0.3, -0.25) is 9.36 Å². The molecule has 3 heteroatoms. The molecular weight excluding hydrogens is 200 g/mol. The molecule has 0 spiro atoms. The van der Waals surface area contributed by atoms with Gasteiger partial charge in [0.1, 0.15) is 5.82 Å². The fourth-order valence-electron chi connectivity index (χ4n) is 1.94. The van der Waals surface area contributed by atoms with Gasteiger partial charge in [-0.25, -0.2) is 4.98 Å². The molecule has 0 bridgehead atoms. The molecule has 16 heavy (non-hydrogen) atoms. The topological polar surface area (TPSA) is 34.9 Å². The van der Waals surface area contributed by atoms with Gasteiger partial charge >= 0.3 is 0 Å². The van der Waals surface area contributed by atoms with Gasteiger partial charge in [0.25, 0.3) is 5.56 Å². The summed E-state index contributed by atoms with van der Waals surface area (Å²) in [5.74, 6) is 0.880. The molecule has 2 rings (SSSR count). The predicted molar refractivity (Wildman–Crippen MR) is 65.7 cm³/mol. The molecule has 0 saturated heterocycles. The smallest absolute Gasteiger partial charge is 0.261 e. The third-order valence-electron chi connectivity index (χ3n) is 2.70. The predicted octanol–water partition coefficient (Wildman–Crippen LogP) is 2.37. The normalized spacial score (nSPS) is 10.9. The summed E-state index contributed by atoms with van der Waals surface area (Å²) in [6.07, 6.45) is 1.74. The molecule has 0 fully saturated rings. The molecule has 0 amide bonds. The fourth-order valence-corrected chi connectivity index (χ4v) is 1.94. The highest BCUT2D eigenvalue weighted by atomic mass is 16.1. The zero-order valence-electron chi connectivity index (χ0n) is 9.73. The number of aryl methyl sites for hydroxylation is 1. The van der Waals surface area contributed by atoms with E-state index in [-0.39, 0.29) is 5.56 Å². The molecule has 0 atom stereocenters. The van der Waals surface area contributed by atoms with E-state index in [0.29, 0.717) is 5.39 Å². The average molecular weight is 216 g/mol. The molecule has 1 aromatic carbocycles. The number of hydrogen-bond acceptors (Lipinski definition) is 2. The lowest BCUT2D eigenvalue weighted by Crippen LogP contribution is -2.25. The summed E-state index contributed by atoms with van der Waals surface area (Å²) in [6, 6.07) is 7.54. The van der Waals surface area contributed by atoms with Crippen LogP contribution in [0.1, 0.15) is 26.1 Å². The van der Waals surface area contributed by atoms with Crippen molar-refractivity contribution in [1.82, 2.24) is 9.55 Å². The fraction of sp³-hybridized carbons (Fsp3) is 0.385. The lowest BCUT2D eigenvalue weighted by atomic mass is 10.2. The first-order valence-corrected chi connectivity index (χ1v) is 5.76. The molecule has 84 valence electrons. The van der Waals surface area contributed by atoms with Gasteiger partial charge in [0.15, 0.2) is 0 Å². The third kappa shape index (κ3) is 1.73. The number of para-hydroxylation sites is 1. The van der Waals surface area contributed by atoms with E-state index in [1.807, 2.05) is 31.2 Å². The summed E-state index contributed by atoms with van der Waals surface area (Å²) in [7, 11) is 0. The molecule has 0 radical (unpaired) electrons. The van der Waals surface area contributed by atoms with Gasteiger partial charge in [0.05, 0.1) is 10.9 Å². The van der Waals surface area contributed by atoms with E-state index in [0.717, 1.165) is 30.7 Å². The van der Waals surface area contributed by atoms with Gasteiger partial charge in [-0.2, -0.15) is 0 Å². The first kappa shape index (κ1) is 10.9. The Labute approximate surface area is 94.7 Å². The number of fused-ring (bicyclic) bond motifs is 1. The van der Waals surface area contributed by atoms with Crippen molar-refractivity contribution in [2.24, 2.45) is 0 Å². The van der Waals surface area contributed by atoms with Crippen LogP contribution in [0.4, 0.5) is 0 Å². The van der Waals surface area contributed by atoms with E-state index in [1.165, 1.54) is 0 Å². The first-order valence-electron chi connectivity index (χ1n) is 5.76. The number of nitrogens with zero attached hydrogens (tertiary/aromatic N) is 2. The highest BCUT2D eigenvalue weighted by Gasteiger charge is 2.07. The van der Waals surface area contributed by atoms with Crippen molar-refractivity contribution in [3.63, 3.8) is 0 Å². The van der Waals surface area contributed by atoms with E-state index in [1.54, 1.807) is 4.57 Å². The standard InChI is InChI=1S/C13H16N2O/c1-3-9-15-12(4-2)14-11-8-6-5-7-10(11)13(15)16/h5-8H,3-4,9H2,1-2H3. The van der Waals surface area contributed by atoms with Gasteiger partial charge in [0, 0.05) is 13.0 Å². The summed E-state index contributed by atoms with van der Waals surface area (Å²) in [5, 5.41) is 0.716. The molecule has 2 aromatic rings. The second-order valence-corrected chi connectivity index (χ2v) is 3.86. The van der Waals surface area contributed by atoms with Crippen LogP contribution >= 0.6 is 0 Å². The Morgan fingerprint density at radius 3 is 2.69 bits per heavy atom. The second-order valence-electron chi connectivity index (χ2n) is 3.86. The van der Waals surface area contributed by atoms with Crippen molar-refractivity contribution >= 4 is 10.9 Å². The number of hydrogen-bond donors (Lipinski definition) is 0. The second kappa shape index (κ2) is 4.47. The third-order valence-corrected chi connectivity index (χ3v) is 2.70. The van der Waals surface area contributed by atoms with Gasteiger partial charge < -0.3 is 0 Å². The summed E-state index contributed by atoms with van der Waals surface area (Å²) in [4.78, 5) is 16.8. The van der Waals surface area contributed by atoms with Crippen molar-refractivity contribution in [2.75, 3.05) is 0 Å². The highest BCUT2D eigenvalue weighted by Crippen LogP contribution is 2.08. The monoisotopic (exact) mass is 216 g/mol. The van der Waals surface area contributed by atoms with E-state index < -0.39 is 0 Å². The molecule has 0 aliphatic rings. The Kier molecular flexibility index (Phi) is 3.04. The number of benzene rings is 1. The van der Waals surface area contributed by atoms with Crippen molar-refractivity contribution in [1.29, 1.82) is 0 Å². The Morgan fingerprint density at radius 2 is 2.00 bits per heavy atom. The number of rotatable bonds is 3. The summed E-state index contributed by atoms with van der Waals surface area (Å²) in [5.41, 5.74) is 0.890. The van der Waals surface area contributed by atoms with Gasteiger partial charge in [-0.1, -0.05) is 26.0 Å². The molecule has 1 heterocycles. The zero-order valence-corrected chi connectivity index (χ0v) is 9.73. The van der Waals surface area contributed by atoms with Crippen LogP contribution < -0.4 is 5.56 Å². The van der Waals surface area contributed by atoms with Crippen LogP contribution in [0.3, 0.4) is 0 Å². The zero-order chi connectivity index (χ0) is 11.5. The van der Waals surface area contributed by atoms with Crippen molar-refractivity contribution in [3.05, 3.63) is 40.4 Å². The lowest BCUT2D eigenvalue weighted by Gasteiger charge is -2.10. The molecule has 3 nitrogen and oxygen atoms in total. The lowest BCUT2D eigenvalue weighted by molar-refractivity contribution is 0.610. The summed E-state index contributed by atoms with van der Waals surface area (Å²) in [6.45, 7) is 4.85. The van der Waals surface area contributed by atoms with Crippen LogP contribution in [-0.4, -0.2) is 9.55 Å². The van der Waals surface area contributed by atoms with Crippen LogP contribution in [0.5, 0.6) is 0 Å². The van der Waals surface area contributed by atoms with Gasteiger partial charge in [-0.15, -0.1) is 0 Å². The van der Waals surface area contributed by atoms with E-state index in [2.05, 4.69) is 11.9 Å². The maximum absolute atomic E-state index is 12.2. The maximum Gasteiger partial charge on any atom is 0.261 e. The first-order chi connectivity index (χ1) is 7.77. The van der Waals surface area contributed by atoms with E-state index >= 15 is 0 Å². The Bertz CT molecular complexity index is 557. The van der Waals surface area contributed by atoms with Crippen LogP contribution in [0.2, 0.25) is 0 Å². The minimum Gasteiger partial charge on any atom is -0.296 e. The Balaban J connectivity index is 2.77. The molecule has 0 saturated carbocycles. The minimum absolute atomic E-state index is 0.0873. The van der Waals surface area contributed by atoms with E-state index in [9.17, 15) is 4.79 Å². The SMILES string of the molecule is CCCn1c(CC)nc2ccccc2c1=O.